The van der Waals surface area contributed by atoms with Gasteiger partial charge < -0.3 is 34.0 Å². The van der Waals surface area contributed by atoms with E-state index in [0.717, 1.165) is 0 Å². The average molecular weight is 346 g/mol. The highest BCUT2D eigenvalue weighted by Gasteiger charge is 2.16. The highest BCUT2D eigenvalue weighted by Crippen LogP contribution is 2.07. The summed E-state index contributed by atoms with van der Waals surface area (Å²) in [7, 11) is 4.12. The van der Waals surface area contributed by atoms with E-state index in [1.807, 2.05) is 12.1 Å². The van der Waals surface area contributed by atoms with Gasteiger partial charge in [-0.25, -0.2) is 0 Å². The molecule has 0 aliphatic carbocycles. The second-order valence-electron chi connectivity index (χ2n) is 3.39. The molecule has 2 nitrogen and oxygen atoms in total. The molecule has 0 spiro atoms. The highest BCUT2D eigenvalue weighted by atomic mass is 79.9. The summed E-state index contributed by atoms with van der Waals surface area (Å²) in [6.45, 7) is 0. The van der Waals surface area contributed by atoms with Gasteiger partial charge in [-0.2, -0.15) is 9.13 Å². The second kappa shape index (κ2) is 6.76. The molecular weight excluding hydrogens is 332 g/mol. The largest absolute Gasteiger partial charge is 1.00 e. The van der Waals surface area contributed by atoms with E-state index in [4.69, 9.17) is 0 Å². The minimum absolute atomic E-state index is 0. The normalized spacial score (nSPS) is 8.88. The van der Waals surface area contributed by atoms with Gasteiger partial charge in [0.2, 0.25) is 0 Å². The van der Waals surface area contributed by atoms with E-state index in [9.17, 15) is 0 Å². The first-order valence-electron chi connectivity index (χ1n) is 4.69. The Morgan fingerprint density at radius 2 is 1.06 bits per heavy atom. The second-order valence-corrected chi connectivity index (χ2v) is 3.39. The molecule has 0 aliphatic rings. The van der Waals surface area contributed by atoms with Crippen LogP contribution in [-0.2, 0) is 14.1 Å². The highest BCUT2D eigenvalue weighted by molar-refractivity contribution is 5.45. The molecule has 0 fully saturated rings. The topological polar surface area (TPSA) is 7.76 Å². The standard InChI is InChI=1S/C12H14N2.2BrH/c1-13-9-5-3-7-11(13)12-8-4-6-10-14(12)2;;/h3-10H,1-2H3;2*1H/q+2;;/p-2. The molecule has 16 heavy (non-hydrogen) atoms. The number of aryl methyl sites for hydroxylation is 2. The SMILES string of the molecule is C[n+]1ccccc1-c1cccc[n+]1C.[Br-].[Br-]. The quantitative estimate of drug-likeness (QED) is 0.457. The van der Waals surface area contributed by atoms with E-state index >= 15 is 0 Å². The maximum absolute atomic E-state index is 2.12. The average Bonchev–Trinajstić information content (AvgIpc) is 2.20. The monoisotopic (exact) mass is 344 g/mol. The lowest BCUT2D eigenvalue weighted by Gasteiger charge is -1.97. The Hall–Kier alpha value is -0.740. The minimum atomic E-state index is 0. The lowest BCUT2D eigenvalue weighted by Crippen LogP contribution is -3.00. The van der Waals surface area contributed by atoms with E-state index in [1.54, 1.807) is 0 Å². The van der Waals surface area contributed by atoms with Gasteiger partial charge >= 0.3 is 0 Å². The fourth-order valence-corrected chi connectivity index (χ4v) is 1.58. The number of hydrogen-bond donors (Lipinski definition) is 0. The third-order valence-electron chi connectivity index (χ3n) is 2.37. The number of rotatable bonds is 1. The fourth-order valence-electron chi connectivity index (χ4n) is 1.58. The van der Waals surface area contributed by atoms with Crippen molar-refractivity contribution >= 4 is 0 Å². The Morgan fingerprint density at radius 1 is 0.688 bits per heavy atom. The van der Waals surface area contributed by atoms with Crippen molar-refractivity contribution in [2.75, 3.05) is 0 Å². The minimum Gasteiger partial charge on any atom is -1.00 e. The Morgan fingerprint density at radius 3 is 1.38 bits per heavy atom. The summed E-state index contributed by atoms with van der Waals surface area (Å²) < 4.78 is 4.24. The van der Waals surface area contributed by atoms with Crippen molar-refractivity contribution in [1.82, 2.24) is 0 Å². The number of nitrogens with zero attached hydrogens (tertiary/aromatic N) is 2. The van der Waals surface area contributed by atoms with Crippen LogP contribution in [0.5, 0.6) is 0 Å². The van der Waals surface area contributed by atoms with Crippen LogP contribution in [0.15, 0.2) is 48.8 Å². The summed E-state index contributed by atoms with van der Waals surface area (Å²) in [6.07, 6.45) is 4.12. The van der Waals surface area contributed by atoms with Crippen molar-refractivity contribution in [1.29, 1.82) is 0 Å². The van der Waals surface area contributed by atoms with Gasteiger partial charge in [0, 0.05) is 24.3 Å². The molecule has 0 N–H and O–H groups in total. The summed E-state index contributed by atoms with van der Waals surface area (Å²) in [5.74, 6) is 0. The predicted octanol–water partition coefficient (Wildman–Crippen LogP) is -4.99. The Balaban J connectivity index is 0.00000112. The number of pyridine rings is 2. The van der Waals surface area contributed by atoms with Crippen molar-refractivity contribution in [3.05, 3.63) is 48.8 Å². The molecule has 0 unspecified atom stereocenters. The predicted molar refractivity (Wildman–Crippen MR) is 54.2 cm³/mol. The third-order valence-corrected chi connectivity index (χ3v) is 2.37. The molecule has 0 atom stereocenters. The van der Waals surface area contributed by atoms with Gasteiger partial charge in [0.25, 0.3) is 11.4 Å². The zero-order chi connectivity index (χ0) is 9.97. The van der Waals surface area contributed by atoms with Gasteiger partial charge in [0.1, 0.15) is 14.1 Å². The molecule has 0 radical (unpaired) electrons. The Bertz CT molecular complexity index is 415. The number of halogens is 2. The Kier molecular flexibility index (Phi) is 6.45. The van der Waals surface area contributed by atoms with E-state index in [1.165, 1.54) is 11.4 Å². The number of aromatic nitrogens is 2. The molecule has 0 saturated carbocycles. The first kappa shape index (κ1) is 15.3. The summed E-state index contributed by atoms with van der Waals surface area (Å²) >= 11 is 0. The molecule has 0 amide bonds. The first-order chi connectivity index (χ1) is 6.79. The molecule has 2 aromatic rings. The Labute approximate surface area is 117 Å². The van der Waals surface area contributed by atoms with E-state index in [-0.39, 0.29) is 34.0 Å². The van der Waals surface area contributed by atoms with E-state index < -0.39 is 0 Å². The lowest BCUT2D eigenvalue weighted by atomic mass is 10.2. The van der Waals surface area contributed by atoms with Crippen LogP contribution in [0, 0.1) is 0 Å². The molecule has 2 heterocycles. The van der Waals surface area contributed by atoms with Crippen LogP contribution in [0.2, 0.25) is 0 Å². The van der Waals surface area contributed by atoms with Gasteiger partial charge in [0.05, 0.1) is 0 Å². The van der Waals surface area contributed by atoms with Crippen LogP contribution in [0.3, 0.4) is 0 Å². The van der Waals surface area contributed by atoms with Crippen molar-refractivity contribution in [2.24, 2.45) is 14.1 Å². The fraction of sp³-hybridized carbons (Fsp3) is 0.167. The smallest absolute Gasteiger partial charge is 0.277 e. The van der Waals surface area contributed by atoms with Crippen molar-refractivity contribution in [3.63, 3.8) is 0 Å². The van der Waals surface area contributed by atoms with Gasteiger partial charge in [-0.15, -0.1) is 0 Å². The summed E-state index contributed by atoms with van der Waals surface area (Å²) in [6, 6.07) is 12.4. The molecule has 86 valence electrons. The van der Waals surface area contributed by atoms with Crippen LogP contribution in [0.4, 0.5) is 0 Å². The van der Waals surface area contributed by atoms with E-state index in [2.05, 4.69) is 59.9 Å². The molecular formula is C12H14Br2N2. The van der Waals surface area contributed by atoms with E-state index in [0.29, 0.717) is 0 Å². The molecule has 2 aromatic heterocycles. The van der Waals surface area contributed by atoms with Crippen molar-refractivity contribution in [3.8, 4) is 11.4 Å². The van der Waals surface area contributed by atoms with Crippen LogP contribution < -0.4 is 43.1 Å². The zero-order valence-electron chi connectivity index (χ0n) is 9.27. The number of hydrogen-bond acceptors (Lipinski definition) is 0. The van der Waals surface area contributed by atoms with Gasteiger partial charge in [-0.1, -0.05) is 0 Å². The van der Waals surface area contributed by atoms with Crippen LogP contribution in [-0.4, -0.2) is 0 Å². The molecule has 0 bridgehead atoms. The lowest BCUT2D eigenvalue weighted by molar-refractivity contribution is -0.690. The van der Waals surface area contributed by atoms with Gasteiger partial charge in [0.15, 0.2) is 12.4 Å². The van der Waals surface area contributed by atoms with Gasteiger partial charge in [-0.05, 0) is 12.1 Å². The molecule has 0 aliphatic heterocycles. The molecule has 0 aromatic carbocycles. The molecule has 2 rings (SSSR count). The van der Waals surface area contributed by atoms with Crippen LogP contribution in [0.25, 0.3) is 11.4 Å². The van der Waals surface area contributed by atoms with Crippen LogP contribution >= 0.6 is 0 Å². The maximum Gasteiger partial charge on any atom is 0.277 e. The zero-order valence-corrected chi connectivity index (χ0v) is 12.4. The molecule has 4 heteroatoms. The summed E-state index contributed by atoms with van der Waals surface area (Å²) in [5, 5.41) is 0. The summed E-state index contributed by atoms with van der Waals surface area (Å²) in [5.41, 5.74) is 2.44. The van der Waals surface area contributed by atoms with Gasteiger partial charge in [-0.3, -0.25) is 0 Å². The van der Waals surface area contributed by atoms with Crippen molar-refractivity contribution < 1.29 is 43.1 Å². The molecule has 0 saturated heterocycles. The third kappa shape index (κ3) is 3.12. The van der Waals surface area contributed by atoms with Crippen molar-refractivity contribution in [2.45, 2.75) is 0 Å². The first-order valence-corrected chi connectivity index (χ1v) is 4.69. The summed E-state index contributed by atoms with van der Waals surface area (Å²) in [4.78, 5) is 0. The maximum atomic E-state index is 2.12. The van der Waals surface area contributed by atoms with Crippen LogP contribution in [0.1, 0.15) is 0 Å².